The maximum absolute atomic E-state index is 12.1. The van der Waals surface area contributed by atoms with E-state index in [-0.39, 0.29) is 5.92 Å². The molecule has 1 aromatic rings. The number of carboxylic acid groups (broad SMARTS) is 1. The second-order valence-corrected chi connectivity index (χ2v) is 5.08. The molecule has 0 aliphatic carbocycles. The normalized spacial score (nSPS) is 12.3. The Balaban J connectivity index is 2.84. The lowest BCUT2D eigenvalue weighted by atomic mass is 10.0. The zero-order chi connectivity index (χ0) is 14.6. The van der Waals surface area contributed by atoms with Crippen LogP contribution in [-0.4, -0.2) is 28.0 Å². The van der Waals surface area contributed by atoms with Gasteiger partial charge in [0.1, 0.15) is 6.04 Å². The lowest BCUT2D eigenvalue weighted by Gasteiger charge is -2.17. The summed E-state index contributed by atoms with van der Waals surface area (Å²) in [6, 6.07) is 2.54. The molecule has 0 bridgehead atoms. The fourth-order valence-electron chi connectivity index (χ4n) is 1.86. The molecule has 1 rings (SSSR count). The van der Waals surface area contributed by atoms with Crippen molar-refractivity contribution in [2.75, 3.05) is 0 Å². The molecular weight excluding hydrogens is 244 g/mol. The molecule has 1 heterocycles. The SMILES string of the molecule is Cc1ccc(C(=O)N[C@H](CC(C)C)C(=O)O)c(C)n1. The molecule has 0 aliphatic rings. The van der Waals surface area contributed by atoms with E-state index >= 15 is 0 Å². The van der Waals surface area contributed by atoms with Gasteiger partial charge in [-0.3, -0.25) is 9.78 Å². The first-order valence-electron chi connectivity index (χ1n) is 6.29. The molecule has 0 saturated carbocycles. The van der Waals surface area contributed by atoms with Crippen LogP contribution in [0.5, 0.6) is 0 Å². The third-order valence-corrected chi connectivity index (χ3v) is 2.78. The Hall–Kier alpha value is -1.91. The fraction of sp³-hybridized carbons (Fsp3) is 0.500. The predicted molar refractivity (Wildman–Crippen MR) is 72.1 cm³/mol. The van der Waals surface area contributed by atoms with Crippen molar-refractivity contribution in [2.45, 2.75) is 40.2 Å². The number of carbonyl (C=O) groups excluding carboxylic acids is 1. The Morgan fingerprint density at radius 2 is 1.95 bits per heavy atom. The Bertz CT molecular complexity index is 484. The van der Waals surface area contributed by atoms with Gasteiger partial charge in [0.05, 0.1) is 11.3 Å². The molecule has 19 heavy (non-hydrogen) atoms. The van der Waals surface area contributed by atoms with Crippen molar-refractivity contribution in [1.29, 1.82) is 0 Å². The monoisotopic (exact) mass is 264 g/mol. The molecule has 0 radical (unpaired) electrons. The lowest BCUT2D eigenvalue weighted by molar-refractivity contribution is -0.139. The van der Waals surface area contributed by atoms with E-state index in [0.717, 1.165) is 5.69 Å². The van der Waals surface area contributed by atoms with Gasteiger partial charge in [-0.1, -0.05) is 13.8 Å². The van der Waals surface area contributed by atoms with Crippen LogP contribution in [0.4, 0.5) is 0 Å². The molecule has 1 amide bonds. The van der Waals surface area contributed by atoms with Crippen LogP contribution in [0.2, 0.25) is 0 Å². The summed E-state index contributed by atoms with van der Waals surface area (Å²) >= 11 is 0. The van der Waals surface area contributed by atoms with Crippen molar-refractivity contribution in [3.05, 3.63) is 29.1 Å². The van der Waals surface area contributed by atoms with Gasteiger partial charge in [0.25, 0.3) is 5.91 Å². The van der Waals surface area contributed by atoms with Crippen molar-refractivity contribution in [2.24, 2.45) is 5.92 Å². The molecule has 5 heteroatoms. The van der Waals surface area contributed by atoms with Crippen LogP contribution in [0.3, 0.4) is 0 Å². The second kappa shape index (κ2) is 6.31. The van der Waals surface area contributed by atoms with Gasteiger partial charge in [-0.05, 0) is 38.3 Å². The number of carboxylic acids is 1. The van der Waals surface area contributed by atoms with Gasteiger partial charge in [0.2, 0.25) is 0 Å². The van der Waals surface area contributed by atoms with E-state index in [2.05, 4.69) is 10.3 Å². The number of carbonyl (C=O) groups is 2. The Labute approximate surface area is 113 Å². The summed E-state index contributed by atoms with van der Waals surface area (Å²) in [5.74, 6) is -1.21. The Morgan fingerprint density at radius 3 is 2.42 bits per heavy atom. The molecule has 0 unspecified atom stereocenters. The van der Waals surface area contributed by atoms with Crippen molar-refractivity contribution in [3.8, 4) is 0 Å². The van der Waals surface area contributed by atoms with Crippen molar-refractivity contribution in [1.82, 2.24) is 10.3 Å². The zero-order valence-electron chi connectivity index (χ0n) is 11.7. The quantitative estimate of drug-likeness (QED) is 0.851. The van der Waals surface area contributed by atoms with Gasteiger partial charge < -0.3 is 10.4 Å². The number of aliphatic carboxylic acids is 1. The third kappa shape index (κ3) is 4.35. The van der Waals surface area contributed by atoms with Crippen LogP contribution < -0.4 is 5.32 Å². The van der Waals surface area contributed by atoms with Gasteiger partial charge in [0, 0.05) is 5.69 Å². The molecule has 2 N–H and O–H groups in total. The van der Waals surface area contributed by atoms with E-state index in [1.54, 1.807) is 19.1 Å². The fourth-order valence-corrected chi connectivity index (χ4v) is 1.86. The predicted octanol–water partition coefficient (Wildman–Crippen LogP) is 1.93. The summed E-state index contributed by atoms with van der Waals surface area (Å²) in [5.41, 5.74) is 1.85. The molecule has 1 atom stereocenters. The Kier molecular flexibility index (Phi) is 5.03. The molecule has 0 fully saturated rings. The first kappa shape index (κ1) is 15.1. The molecule has 0 aromatic carbocycles. The van der Waals surface area contributed by atoms with Crippen LogP contribution in [0.25, 0.3) is 0 Å². The van der Waals surface area contributed by atoms with Crippen molar-refractivity contribution < 1.29 is 14.7 Å². The lowest BCUT2D eigenvalue weighted by Crippen LogP contribution is -2.41. The summed E-state index contributed by atoms with van der Waals surface area (Å²) in [4.78, 5) is 27.4. The molecular formula is C14H20N2O3. The maximum atomic E-state index is 12.1. The van der Waals surface area contributed by atoms with Crippen molar-refractivity contribution >= 4 is 11.9 Å². The number of rotatable bonds is 5. The minimum atomic E-state index is -1.01. The van der Waals surface area contributed by atoms with Crippen LogP contribution in [0, 0.1) is 19.8 Å². The van der Waals surface area contributed by atoms with E-state index in [4.69, 9.17) is 5.11 Å². The molecule has 1 aromatic heterocycles. The number of hydrogen-bond acceptors (Lipinski definition) is 3. The van der Waals surface area contributed by atoms with Crippen LogP contribution in [-0.2, 0) is 4.79 Å². The van der Waals surface area contributed by atoms with Crippen LogP contribution in [0.1, 0.15) is 42.0 Å². The van der Waals surface area contributed by atoms with Gasteiger partial charge in [-0.15, -0.1) is 0 Å². The standard InChI is InChI=1S/C14H20N2O3/c1-8(2)7-12(14(18)19)16-13(17)11-6-5-9(3)15-10(11)4/h5-6,8,12H,7H2,1-4H3,(H,16,17)(H,18,19)/t12-/m1/s1. The molecule has 0 aliphatic heterocycles. The number of hydrogen-bond donors (Lipinski definition) is 2. The molecule has 104 valence electrons. The van der Waals surface area contributed by atoms with Crippen LogP contribution in [0.15, 0.2) is 12.1 Å². The van der Waals surface area contributed by atoms with E-state index in [0.29, 0.717) is 17.7 Å². The smallest absolute Gasteiger partial charge is 0.326 e. The van der Waals surface area contributed by atoms with E-state index in [1.807, 2.05) is 20.8 Å². The van der Waals surface area contributed by atoms with Crippen molar-refractivity contribution in [3.63, 3.8) is 0 Å². The minimum absolute atomic E-state index is 0.193. The highest BCUT2D eigenvalue weighted by atomic mass is 16.4. The summed E-state index contributed by atoms with van der Waals surface area (Å²) in [6.45, 7) is 7.41. The highest BCUT2D eigenvalue weighted by Crippen LogP contribution is 2.09. The average molecular weight is 264 g/mol. The van der Waals surface area contributed by atoms with E-state index < -0.39 is 17.9 Å². The largest absolute Gasteiger partial charge is 0.480 e. The molecule has 5 nitrogen and oxygen atoms in total. The number of amides is 1. The average Bonchev–Trinajstić information content (AvgIpc) is 2.26. The van der Waals surface area contributed by atoms with Crippen LogP contribution >= 0.6 is 0 Å². The van der Waals surface area contributed by atoms with Gasteiger partial charge >= 0.3 is 5.97 Å². The van der Waals surface area contributed by atoms with Gasteiger partial charge in [-0.25, -0.2) is 4.79 Å². The first-order valence-corrected chi connectivity index (χ1v) is 6.29. The van der Waals surface area contributed by atoms with E-state index in [9.17, 15) is 9.59 Å². The van der Waals surface area contributed by atoms with E-state index in [1.165, 1.54) is 0 Å². The molecule has 0 saturated heterocycles. The number of nitrogens with one attached hydrogen (secondary N) is 1. The maximum Gasteiger partial charge on any atom is 0.326 e. The van der Waals surface area contributed by atoms with Gasteiger partial charge in [0.15, 0.2) is 0 Å². The highest BCUT2D eigenvalue weighted by molar-refractivity contribution is 5.97. The number of aryl methyl sites for hydroxylation is 2. The second-order valence-electron chi connectivity index (χ2n) is 5.08. The minimum Gasteiger partial charge on any atom is -0.480 e. The summed E-state index contributed by atoms with van der Waals surface area (Å²) in [5, 5.41) is 11.6. The number of nitrogens with zero attached hydrogens (tertiary/aromatic N) is 1. The number of aromatic nitrogens is 1. The first-order chi connectivity index (χ1) is 8.81. The summed E-state index contributed by atoms with van der Waals surface area (Å²) in [7, 11) is 0. The topological polar surface area (TPSA) is 79.3 Å². The summed E-state index contributed by atoms with van der Waals surface area (Å²) in [6.07, 6.45) is 0.402. The summed E-state index contributed by atoms with van der Waals surface area (Å²) < 4.78 is 0. The highest BCUT2D eigenvalue weighted by Gasteiger charge is 2.22. The number of pyridine rings is 1. The Morgan fingerprint density at radius 1 is 1.32 bits per heavy atom. The van der Waals surface area contributed by atoms with Gasteiger partial charge in [-0.2, -0.15) is 0 Å². The molecule has 0 spiro atoms. The third-order valence-electron chi connectivity index (χ3n) is 2.78. The zero-order valence-corrected chi connectivity index (χ0v) is 11.7.